The van der Waals surface area contributed by atoms with Crippen LogP contribution in [0.5, 0.6) is 0 Å². The van der Waals surface area contributed by atoms with E-state index in [4.69, 9.17) is 0 Å². The van der Waals surface area contributed by atoms with Gasteiger partial charge in [0.2, 0.25) is 5.95 Å². The van der Waals surface area contributed by atoms with E-state index in [2.05, 4.69) is 49.0 Å². The molecular weight excluding hydrogens is 304 g/mol. The molecule has 1 aromatic carbocycles. The average molecular weight is 323 g/mol. The van der Waals surface area contributed by atoms with E-state index in [1.165, 1.54) is 11.3 Å². The molecule has 0 aliphatic rings. The number of anilines is 1. The minimum absolute atomic E-state index is 0.804. The van der Waals surface area contributed by atoms with Gasteiger partial charge in [0, 0.05) is 38.7 Å². The van der Waals surface area contributed by atoms with E-state index in [0.717, 1.165) is 23.5 Å². The third-order valence-corrected chi connectivity index (χ3v) is 3.81. The molecule has 0 unspecified atom stereocenters. The normalized spacial score (nSPS) is 10.7. The minimum Gasteiger partial charge on any atom is -0.348 e. The molecule has 1 N–H and O–H groups in total. The summed E-state index contributed by atoms with van der Waals surface area (Å²) >= 11 is 3.56. The maximum atomic E-state index is 4.40. The Balaban J connectivity index is 1.95. The van der Waals surface area contributed by atoms with Gasteiger partial charge in [-0.2, -0.15) is 0 Å². The Labute approximate surface area is 122 Å². The number of halogens is 1. The smallest absolute Gasteiger partial charge is 0.204 e. The van der Waals surface area contributed by atoms with Crippen molar-refractivity contribution in [3.8, 4) is 0 Å². The van der Waals surface area contributed by atoms with Gasteiger partial charge in [-0.1, -0.05) is 34.1 Å². The van der Waals surface area contributed by atoms with Crippen LogP contribution in [0.2, 0.25) is 0 Å². The molecule has 19 heavy (non-hydrogen) atoms. The number of imidazole rings is 1. The molecule has 0 atom stereocenters. The van der Waals surface area contributed by atoms with Gasteiger partial charge in [-0.3, -0.25) is 0 Å². The van der Waals surface area contributed by atoms with Crippen LogP contribution < -0.4 is 10.2 Å². The molecule has 1 heterocycles. The average Bonchev–Trinajstić information content (AvgIpc) is 2.74. The van der Waals surface area contributed by atoms with Crippen molar-refractivity contribution in [1.29, 1.82) is 0 Å². The molecule has 2 aromatic rings. The predicted octanol–water partition coefficient (Wildman–Crippen LogP) is 2.54. The summed E-state index contributed by atoms with van der Waals surface area (Å²) in [5.74, 6) is 0.970. The number of hydrogen-bond donors (Lipinski definition) is 1. The monoisotopic (exact) mass is 322 g/mol. The highest BCUT2D eigenvalue weighted by Gasteiger charge is 2.07. The molecule has 0 radical (unpaired) electrons. The third kappa shape index (κ3) is 3.36. The molecule has 102 valence electrons. The van der Waals surface area contributed by atoms with Gasteiger partial charge in [0.15, 0.2) is 0 Å². The lowest BCUT2D eigenvalue weighted by Gasteiger charge is -2.13. The summed E-state index contributed by atoms with van der Waals surface area (Å²) in [6.45, 7) is 1.64. The lowest BCUT2D eigenvalue weighted by molar-refractivity contribution is 0.653. The van der Waals surface area contributed by atoms with Crippen molar-refractivity contribution >= 4 is 21.9 Å². The number of hydrogen-bond acceptors (Lipinski definition) is 3. The van der Waals surface area contributed by atoms with Crippen molar-refractivity contribution in [2.45, 2.75) is 13.1 Å². The second kappa shape index (κ2) is 6.21. The van der Waals surface area contributed by atoms with Crippen LogP contribution in [-0.2, 0) is 20.1 Å². The van der Waals surface area contributed by atoms with Crippen molar-refractivity contribution < 1.29 is 0 Å². The molecule has 4 nitrogen and oxygen atoms in total. The van der Waals surface area contributed by atoms with Crippen LogP contribution in [0.25, 0.3) is 0 Å². The van der Waals surface area contributed by atoms with Gasteiger partial charge < -0.3 is 14.8 Å². The topological polar surface area (TPSA) is 33.1 Å². The van der Waals surface area contributed by atoms with Gasteiger partial charge in [-0.15, -0.1) is 0 Å². The summed E-state index contributed by atoms with van der Waals surface area (Å²) in [6, 6.07) is 8.25. The molecule has 5 heteroatoms. The molecular formula is C14H19BrN4. The molecule has 0 bridgehead atoms. The summed E-state index contributed by atoms with van der Waals surface area (Å²) in [5, 5.41) is 3.44. The van der Waals surface area contributed by atoms with Gasteiger partial charge in [0.25, 0.3) is 0 Å². The number of benzene rings is 1. The van der Waals surface area contributed by atoms with Crippen LogP contribution in [0.3, 0.4) is 0 Å². The highest BCUT2D eigenvalue weighted by Crippen LogP contribution is 2.16. The third-order valence-electron chi connectivity index (χ3n) is 3.04. The first-order valence-electron chi connectivity index (χ1n) is 6.21. The number of nitrogens with zero attached hydrogens (tertiary/aromatic N) is 3. The zero-order valence-electron chi connectivity index (χ0n) is 11.5. The number of aromatic nitrogens is 2. The molecule has 0 saturated heterocycles. The first-order valence-corrected chi connectivity index (χ1v) is 7.01. The Morgan fingerprint density at radius 3 is 2.63 bits per heavy atom. The molecule has 0 fully saturated rings. The fraction of sp³-hybridized carbons (Fsp3) is 0.357. The molecule has 0 aliphatic heterocycles. The van der Waals surface area contributed by atoms with E-state index in [0.29, 0.717) is 0 Å². The van der Waals surface area contributed by atoms with Gasteiger partial charge in [-0.25, -0.2) is 4.98 Å². The summed E-state index contributed by atoms with van der Waals surface area (Å²) in [7, 11) is 6.04. The van der Waals surface area contributed by atoms with Crippen LogP contribution >= 0.6 is 15.9 Å². The van der Waals surface area contributed by atoms with E-state index in [9.17, 15) is 0 Å². The summed E-state index contributed by atoms with van der Waals surface area (Å²) in [6.07, 6.45) is 1.92. The summed E-state index contributed by atoms with van der Waals surface area (Å²) in [4.78, 5) is 6.41. The molecule has 0 spiro atoms. The highest BCUT2D eigenvalue weighted by molar-refractivity contribution is 9.10. The van der Waals surface area contributed by atoms with Crippen molar-refractivity contribution in [3.05, 3.63) is 46.2 Å². The zero-order valence-corrected chi connectivity index (χ0v) is 13.1. The minimum atomic E-state index is 0.804. The SMILES string of the molecule is CN(C)c1ncc(CNCc2ccccc2Br)n1C. The Morgan fingerprint density at radius 1 is 1.26 bits per heavy atom. The lowest BCUT2D eigenvalue weighted by atomic mass is 10.2. The summed E-state index contributed by atoms with van der Waals surface area (Å²) in [5.41, 5.74) is 2.44. The van der Waals surface area contributed by atoms with Gasteiger partial charge in [0.1, 0.15) is 0 Å². The first-order chi connectivity index (χ1) is 9.09. The Hall–Kier alpha value is -1.33. The molecule has 0 amide bonds. The van der Waals surface area contributed by atoms with E-state index in [1.807, 2.05) is 38.3 Å². The maximum absolute atomic E-state index is 4.40. The standard InChI is InChI=1S/C14H19BrN4/c1-18(2)14-17-10-12(19(14)3)9-16-8-11-6-4-5-7-13(11)15/h4-7,10,16H,8-9H2,1-3H3. The van der Waals surface area contributed by atoms with Crippen molar-refractivity contribution in [2.75, 3.05) is 19.0 Å². The van der Waals surface area contributed by atoms with E-state index in [1.54, 1.807) is 0 Å². The Kier molecular flexibility index (Phi) is 4.61. The van der Waals surface area contributed by atoms with Crippen molar-refractivity contribution in [2.24, 2.45) is 7.05 Å². The van der Waals surface area contributed by atoms with Gasteiger partial charge in [-0.05, 0) is 11.6 Å². The second-order valence-corrected chi connectivity index (χ2v) is 5.55. The molecule has 0 aliphatic carbocycles. The quantitative estimate of drug-likeness (QED) is 0.918. The number of nitrogens with one attached hydrogen (secondary N) is 1. The van der Waals surface area contributed by atoms with Crippen LogP contribution in [0, 0.1) is 0 Å². The Morgan fingerprint density at radius 2 is 2.00 bits per heavy atom. The van der Waals surface area contributed by atoms with Crippen molar-refractivity contribution in [3.63, 3.8) is 0 Å². The van der Waals surface area contributed by atoms with Crippen LogP contribution in [0.1, 0.15) is 11.3 Å². The molecule has 1 aromatic heterocycles. The van der Waals surface area contributed by atoms with Gasteiger partial charge in [0.05, 0.1) is 11.9 Å². The van der Waals surface area contributed by atoms with Gasteiger partial charge >= 0.3 is 0 Å². The van der Waals surface area contributed by atoms with Crippen LogP contribution in [0.4, 0.5) is 5.95 Å². The van der Waals surface area contributed by atoms with Crippen molar-refractivity contribution in [1.82, 2.24) is 14.9 Å². The maximum Gasteiger partial charge on any atom is 0.204 e. The summed E-state index contributed by atoms with van der Waals surface area (Å²) < 4.78 is 3.24. The van der Waals surface area contributed by atoms with Crippen LogP contribution in [-0.4, -0.2) is 23.6 Å². The zero-order chi connectivity index (χ0) is 13.8. The second-order valence-electron chi connectivity index (χ2n) is 4.70. The fourth-order valence-electron chi connectivity index (χ4n) is 1.98. The molecule has 2 rings (SSSR count). The number of rotatable bonds is 5. The lowest BCUT2D eigenvalue weighted by Crippen LogP contribution is -2.18. The predicted molar refractivity (Wildman–Crippen MR) is 82.2 cm³/mol. The van der Waals surface area contributed by atoms with E-state index >= 15 is 0 Å². The fourth-order valence-corrected chi connectivity index (χ4v) is 2.41. The highest BCUT2D eigenvalue weighted by atomic mass is 79.9. The van der Waals surface area contributed by atoms with E-state index < -0.39 is 0 Å². The first kappa shape index (κ1) is 14.1. The van der Waals surface area contributed by atoms with E-state index in [-0.39, 0.29) is 0 Å². The van der Waals surface area contributed by atoms with Crippen LogP contribution in [0.15, 0.2) is 34.9 Å². The Bertz CT molecular complexity index is 548. The largest absolute Gasteiger partial charge is 0.348 e. The molecule has 0 saturated carbocycles.